The van der Waals surface area contributed by atoms with Gasteiger partial charge in [0.05, 0.1) is 23.5 Å². The van der Waals surface area contributed by atoms with E-state index in [1.165, 1.54) is 0 Å². The molecule has 0 bridgehead atoms. The van der Waals surface area contributed by atoms with Crippen molar-refractivity contribution in [2.45, 2.75) is 32.0 Å². The number of nitrogens with one attached hydrogen (secondary N) is 1. The van der Waals surface area contributed by atoms with E-state index in [4.69, 9.17) is 12.2 Å². The summed E-state index contributed by atoms with van der Waals surface area (Å²) in [5, 5.41) is 14.4. The maximum atomic E-state index is 10.5. The van der Waals surface area contributed by atoms with E-state index in [9.17, 15) is 5.11 Å². The fraction of sp³-hybridized carbons (Fsp3) is 0.238. The second kappa shape index (κ2) is 7.04. The third-order valence-electron chi connectivity index (χ3n) is 4.91. The van der Waals surface area contributed by atoms with Crippen LogP contribution in [0.15, 0.2) is 67.1 Å². The number of anilines is 1. The Morgan fingerprint density at radius 1 is 1.11 bits per heavy atom. The van der Waals surface area contributed by atoms with Gasteiger partial charge in [-0.1, -0.05) is 18.2 Å². The standard InChI is InChI=1S/C21H22N4OS/c1-14(2)24-12-10-15(13-24)20-19(16-7-5-6-11-22-16)23-21(27)25(20)17-8-3-4-9-18(17)26/h3-14,19-20,26H,1-2H3,(H,23,27). The summed E-state index contributed by atoms with van der Waals surface area (Å²) in [5.41, 5.74) is 2.73. The molecular formula is C21H22N4OS. The number of benzene rings is 1. The maximum Gasteiger partial charge on any atom is 0.174 e. The average molecular weight is 379 g/mol. The summed E-state index contributed by atoms with van der Waals surface area (Å²) in [6.07, 6.45) is 6.02. The number of hydrogen-bond donors (Lipinski definition) is 2. The van der Waals surface area contributed by atoms with Gasteiger partial charge in [-0.2, -0.15) is 0 Å². The Morgan fingerprint density at radius 2 is 1.89 bits per heavy atom. The van der Waals surface area contributed by atoms with Crippen LogP contribution < -0.4 is 10.2 Å². The van der Waals surface area contributed by atoms with Gasteiger partial charge in [0, 0.05) is 24.6 Å². The first-order chi connectivity index (χ1) is 13.1. The highest BCUT2D eigenvalue weighted by molar-refractivity contribution is 7.80. The molecule has 1 saturated heterocycles. The number of thiocarbonyl (C=S) groups is 1. The Bertz CT molecular complexity index is 954. The molecule has 1 aliphatic rings. The molecule has 6 heteroatoms. The molecule has 2 atom stereocenters. The Labute approximate surface area is 164 Å². The highest BCUT2D eigenvalue weighted by Crippen LogP contribution is 2.44. The van der Waals surface area contributed by atoms with Crippen molar-refractivity contribution in [2.24, 2.45) is 0 Å². The average Bonchev–Trinajstić information content (AvgIpc) is 3.28. The van der Waals surface area contributed by atoms with Crippen LogP contribution in [0.2, 0.25) is 0 Å². The molecule has 138 valence electrons. The van der Waals surface area contributed by atoms with Crippen LogP contribution in [0, 0.1) is 0 Å². The van der Waals surface area contributed by atoms with Crippen LogP contribution in [-0.4, -0.2) is 19.8 Å². The molecule has 0 aliphatic carbocycles. The number of nitrogens with zero attached hydrogens (tertiary/aromatic N) is 3. The predicted octanol–water partition coefficient (Wildman–Crippen LogP) is 4.35. The van der Waals surface area contributed by atoms with E-state index in [0.29, 0.717) is 16.8 Å². The number of aromatic hydroxyl groups is 1. The smallest absolute Gasteiger partial charge is 0.174 e. The Kier molecular flexibility index (Phi) is 4.58. The van der Waals surface area contributed by atoms with Gasteiger partial charge in [0.25, 0.3) is 0 Å². The first kappa shape index (κ1) is 17.5. The lowest BCUT2D eigenvalue weighted by Gasteiger charge is -2.27. The molecule has 1 aliphatic heterocycles. The molecule has 4 rings (SSSR count). The number of para-hydroxylation sites is 2. The van der Waals surface area contributed by atoms with Gasteiger partial charge < -0.3 is 19.9 Å². The lowest BCUT2D eigenvalue weighted by Crippen LogP contribution is -2.29. The van der Waals surface area contributed by atoms with Crippen molar-refractivity contribution in [3.05, 3.63) is 78.4 Å². The van der Waals surface area contributed by atoms with Gasteiger partial charge >= 0.3 is 0 Å². The second-order valence-electron chi connectivity index (χ2n) is 6.97. The van der Waals surface area contributed by atoms with E-state index in [-0.39, 0.29) is 17.8 Å². The van der Waals surface area contributed by atoms with Crippen molar-refractivity contribution in [1.82, 2.24) is 14.9 Å². The van der Waals surface area contributed by atoms with Crippen molar-refractivity contribution in [2.75, 3.05) is 4.90 Å². The lowest BCUT2D eigenvalue weighted by atomic mass is 9.98. The first-order valence-electron chi connectivity index (χ1n) is 9.02. The normalized spacial score (nSPS) is 19.5. The third kappa shape index (κ3) is 3.17. The van der Waals surface area contributed by atoms with Gasteiger partial charge in [0.15, 0.2) is 5.11 Å². The molecule has 5 nitrogen and oxygen atoms in total. The largest absolute Gasteiger partial charge is 0.506 e. The van der Waals surface area contributed by atoms with E-state index in [1.807, 2.05) is 41.3 Å². The summed E-state index contributed by atoms with van der Waals surface area (Å²) in [6.45, 7) is 4.30. The van der Waals surface area contributed by atoms with Crippen molar-refractivity contribution >= 4 is 23.0 Å². The van der Waals surface area contributed by atoms with E-state index >= 15 is 0 Å². The number of rotatable bonds is 4. The number of hydrogen-bond acceptors (Lipinski definition) is 3. The minimum absolute atomic E-state index is 0.110. The maximum absolute atomic E-state index is 10.5. The van der Waals surface area contributed by atoms with Crippen molar-refractivity contribution in [3.8, 4) is 5.75 Å². The molecule has 3 aromatic rings. The van der Waals surface area contributed by atoms with Crippen LogP contribution in [0.3, 0.4) is 0 Å². The van der Waals surface area contributed by atoms with Gasteiger partial charge in [-0.25, -0.2) is 0 Å². The second-order valence-corrected chi connectivity index (χ2v) is 7.36. The molecule has 2 unspecified atom stereocenters. The molecule has 3 heterocycles. The van der Waals surface area contributed by atoms with Crippen LogP contribution in [0.25, 0.3) is 0 Å². The molecule has 0 saturated carbocycles. The molecular weight excluding hydrogens is 356 g/mol. The SMILES string of the molecule is CC(C)n1ccc(C2C(c3ccccn3)NC(=S)N2c2ccccc2O)c1. The predicted molar refractivity (Wildman–Crippen MR) is 111 cm³/mol. The Balaban J connectivity index is 1.84. The van der Waals surface area contributed by atoms with Crippen molar-refractivity contribution < 1.29 is 5.11 Å². The van der Waals surface area contributed by atoms with Crippen LogP contribution in [0.4, 0.5) is 5.69 Å². The Hall–Kier alpha value is -2.86. The van der Waals surface area contributed by atoms with Gasteiger partial charge in [0.1, 0.15) is 5.75 Å². The third-order valence-corrected chi connectivity index (χ3v) is 5.23. The Morgan fingerprint density at radius 3 is 2.56 bits per heavy atom. The van der Waals surface area contributed by atoms with E-state index in [2.05, 4.69) is 47.2 Å². The fourth-order valence-electron chi connectivity index (χ4n) is 3.55. The van der Waals surface area contributed by atoms with Gasteiger partial charge in [-0.05, 0) is 62.0 Å². The molecule has 1 fully saturated rings. The summed E-state index contributed by atoms with van der Waals surface area (Å²) in [5.74, 6) is 0.205. The molecule has 0 amide bonds. The number of pyridine rings is 1. The van der Waals surface area contributed by atoms with Crippen LogP contribution >= 0.6 is 12.2 Å². The molecule has 0 spiro atoms. The van der Waals surface area contributed by atoms with E-state index < -0.39 is 0 Å². The highest BCUT2D eigenvalue weighted by atomic mass is 32.1. The molecule has 1 aromatic carbocycles. The summed E-state index contributed by atoms with van der Waals surface area (Å²) in [6, 6.07) is 15.4. The topological polar surface area (TPSA) is 53.3 Å². The van der Waals surface area contributed by atoms with E-state index in [0.717, 1.165) is 11.3 Å². The lowest BCUT2D eigenvalue weighted by molar-refractivity contribution is 0.472. The van der Waals surface area contributed by atoms with E-state index in [1.54, 1.807) is 12.3 Å². The fourth-order valence-corrected chi connectivity index (χ4v) is 3.89. The first-order valence-corrected chi connectivity index (χ1v) is 9.43. The highest BCUT2D eigenvalue weighted by Gasteiger charge is 2.41. The summed E-state index contributed by atoms with van der Waals surface area (Å²) in [7, 11) is 0. The van der Waals surface area contributed by atoms with Gasteiger partial charge in [-0.3, -0.25) is 4.98 Å². The van der Waals surface area contributed by atoms with Gasteiger partial charge in [-0.15, -0.1) is 0 Å². The monoisotopic (exact) mass is 378 g/mol. The van der Waals surface area contributed by atoms with Crippen LogP contribution in [0.1, 0.15) is 43.2 Å². The number of phenols is 1. The minimum atomic E-state index is -0.110. The summed E-state index contributed by atoms with van der Waals surface area (Å²) in [4.78, 5) is 6.54. The van der Waals surface area contributed by atoms with Crippen LogP contribution in [-0.2, 0) is 0 Å². The zero-order chi connectivity index (χ0) is 19.0. The minimum Gasteiger partial charge on any atom is -0.506 e. The van der Waals surface area contributed by atoms with Crippen molar-refractivity contribution in [3.63, 3.8) is 0 Å². The molecule has 2 aromatic heterocycles. The molecule has 2 N–H and O–H groups in total. The summed E-state index contributed by atoms with van der Waals surface area (Å²) < 4.78 is 2.18. The number of phenolic OH excluding ortho intramolecular Hbond substituents is 1. The molecule has 0 radical (unpaired) electrons. The molecule has 27 heavy (non-hydrogen) atoms. The summed E-state index contributed by atoms with van der Waals surface area (Å²) >= 11 is 5.66. The van der Waals surface area contributed by atoms with Crippen molar-refractivity contribution in [1.29, 1.82) is 0 Å². The van der Waals surface area contributed by atoms with Crippen LogP contribution in [0.5, 0.6) is 5.75 Å². The zero-order valence-electron chi connectivity index (χ0n) is 15.3. The zero-order valence-corrected chi connectivity index (χ0v) is 16.1. The quantitative estimate of drug-likeness (QED) is 0.661. The number of aromatic nitrogens is 2. The van der Waals surface area contributed by atoms with Gasteiger partial charge in [0.2, 0.25) is 0 Å².